The van der Waals surface area contributed by atoms with E-state index in [4.69, 9.17) is 4.42 Å². The van der Waals surface area contributed by atoms with E-state index in [1.165, 1.54) is 31.2 Å². The molecule has 2 rings (SSSR count). The van der Waals surface area contributed by atoms with Crippen LogP contribution in [0.1, 0.15) is 57.6 Å². The van der Waals surface area contributed by atoms with Gasteiger partial charge in [0.05, 0.1) is 5.52 Å². The summed E-state index contributed by atoms with van der Waals surface area (Å²) in [5, 5.41) is 3.52. The maximum atomic E-state index is 11.2. The highest BCUT2D eigenvalue weighted by Crippen LogP contribution is 2.23. The summed E-state index contributed by atoms with van der Waals surface area (Å²) in [5.41, 5.74) is 2.60. The van der Waals surface area contributed by atoms with E-state index in [-0.39, 0.29) is 5.76 Å². The van der Waals surface area contributed by atoms with Crippen LogP contribution in [0.4, 0.5) is 0 Å². The van der Waals surface area contributed by atoms with Crippen LogP contribution >= 0.6 is 0 Å². The number of hydrogen-bond acceptors (Lipinski definition) is 3. The molecule has 0 bridgehead atoms. The highest BCUT2D eigenvalue weighted by molar-refractivity contribution is 5.72. The number of unbranched alkanes of at least 4 members (excludes halogenated alkanes) is 3. The molecule has 0 spiro atoms. The molecule has 1 aromatic heterocycles. The Hall–Kier alpha value is -1.55. The topological polar surface area (TPSA) is 58.0 Å². The number of aromatic nitrogens is 1. The monoisotopic (exact) mass is 276 g/mol. The maximum absolute atomic E-state index is 11.2. The average molecular weight is 276 g/mol. The molecule has 1 heterocycles. The molecule has 0 aliphatic carbocycles. The lowest BCUT2D eigenvalue weighted by Gasteiger charge is -2.18. The minimum absolute atomic E-state index is 0.335. The van der Waals surface area contributed by atoms with Gasteiger partial charge < -0.3 is 9.73 Å². The second-order valence-corrected chi connectivity index (χ2v) is 5.23. The van der Waals surface area contributed by atoms with E-state index in [1.54, 1.807) is 0 Å². The van der Waals surface area contributed by atoms with Gasteiger partial charge >= 0.3 is 5.76 Å². The van der Waals surface area contributed by atoms with Gasteiger partial charge in [0.15, 0.2) is 5.58 Å². The van der Waals surface area contributed by atoms with Gasteiger partial charge in [-0.05, 0) is 30.7 Å². The van der Waals surface area contributed by atoms with Crippen LogP contribution in [0.3, 0.4) is 0 Å². The Morgan fingerprint density at radius 1 is 1.25 bits per heavy atom. The van der Waals surface area contributed by atoms with Crippen LogP contribution < -0.4 is 11.1 Å². The Bertz CT molecular complexity index is 585. The standard InChI is InChI=1S/C16H24N2O2/c1-3-5-6-7-8-13(17-4-2)12-9-10-14-15(11-12)20-16(19)18-14/h9-11,13,17H,3-8H2,1-2H3,(H,18,19). The lowest BCUT2D eigenvalue weighted by molar-refractivity contribution is 0.481. The van der Waals surface area contributed by atoms with Gasteiger partial charge in [0.1, 0.15) is 0 Å². The molecule has 20 heavy (non-hydrogen) atoms. The van der Waals surface area contributed by atoms with E-state index in [1.807, 2.05) is 12.1 Å². The van der Waals surface area contributed by atoms with Gasteiger partial charge in [-0.2, -0.15) is 0 Å². The number of oxazole rings is 1. The van der Waals surface area contributed by atoms with E-state index < -0.39 is 0 Å². The Labute approximate surface area is 119 Å². The summed E-state index contributed by atoms with van der Waals surface area (Å²) in [6, 6.07) is 6.30. The summed E-state index contributed by atoms with van der Waals surface area (Å²) >= 11 is 0. The second kappa shape index (κ2) is 7.29. The first kappa shape index (κ1) is 14.9. The Morgan fingerprint density at radius 3 is 2.85 bits per heavy atom. The largest absolute Gasteiger partial charge is 0.417 e. The molecule has 0 fully saturated rings. The number of benzene rings is 1. The quantitative estimate of drug-likeness (QED) is 0.722. The summed E-state index contributed by atoms with van der Waals surface area (Å²) < 4.78 is 5.14. The van der Waals surface area contributed by atoms with Crippen LogP contribution in [0.5, 0.6) is 0 Å². The van der Waals surface area contributed by atoms with Crippen LogP contribution in [0, 0.1) is 0 Å². The van der Waals surface area contributed by atoms with E-state index in [2.05, 4.69) is 30.2 Å². The zero-order valence-electron chi connectivity index (χ0n) is 12.4. The summed E-state index contributed by atoms with van der Waals surface area (Å²) in [7, 11) is 0. The normalized spacial score (nSPS) is 12.9. The highest BCUT2D eigenvalue weighted by atomic mass is 16.4. The minimum atomic E-state index is -0.389. The Balaban J connectivity index is 2.10. The predicted molar refractivity (Wildman–Crippen MR) is 82.0 cm³/mol. The molecule has 110 valence electrons. The van der Waals surface area contributed by atoms with Gasteiger partial charge in [-0.25, -0.2) is 4.79 Å². The van der Waals surface area contributed by atoms with Crippen LogP contribution in [0.15, 0.2) is 27.4 Å². The molecule has 0 saturated heterocycles. The van der Waals surface area contributed by atoms with Crippen LogP contribution in [0.25, 0.3) is 11.1 Å². The third-order valence-corrected chi connectivity index (χ3v) is 3.64. The van der Waals surface area contributed by atoms with Crippen LogP contribution in [-0.4, -0.2) is 11.5 Å². The third-order valence-electron chi connectivity index (χ3n) is 3.64. The summed E-state index contributed by atoms with van der Waals surface area (Å²) in [6.45, 7) is 5.28. The number of nitrogens with one attached hydrogen (secondary N) is 2. The Morgan fingerprint density at radius 2 is 2.10 bits per heavy atom. The van der Waals surface area contributed by atoms with Crippen LogP contribution in [0.2, 0.25) is 0 Å². The van der Waals surface area contributed by atoms with E-state index in [0.29, 0.717) is 11.6 Å². The summed E-state index contributed by atoms with van der Waals surface area (Å²) in [4.78, 5) is 13.9. The molecule has 2 aromatic rings. The van der Waals surface area contributed by atoms with E-state index in [0.717, 1.165) is 18.5 Å². The molecule has 0 aliphatic rings. The molecule has 0 radical (unpaired) electrons. The van der Waals surface area contributed by atoms with E-state index in [9.17, 15) is 4.79 Å². The van der Waals surface area contributed by atoms with Crippen molar-refractivity contribution in [1.29, 1.82) is 0 Å². The molecule has 2 N–H and O–H groups in total. The third kappa shape index (κ3) is 3.73. The number of fused-ring (bicyclic) bond motifs is 1. The highest BCUT2D eigenvalue weighted by Gasteiger charge is 2.12. The fraction of sp³-hybridized carbons (Fsp3) is 0.562. The van der Waals surface area contributed by atoms with Crippen LogP contribution in [-0.2, 0) is 0 Å². The first-order valence-electron chi connectivity index (χ1n) is 7.60. The first-order valence-corrected chi connectivity index (χ1v) is 7.60. The first-order chi connectivity index (χ1) is 9.74. The molecule has 0 amide bonds. The molecule has 0 aliphatic heterocycles. The van der Waals surface area contributed by atoms with Gasteiger partial charge in [-0.15, -0.1) is 0 Å². The molecule has 1 unspecified atom stereocenters. The second-order valence-electron chi connectivity index (χ2n) is 5.23. The Kier molecular flexibility index (Phi) is 5.41. The lowest BCUT2D eigenvalue weighted by Crippen LogP contribution is -2.20. The van der Waals surface area contributed by atoms with Gasteiger partial charge in [0.25, 0.3) is 0 Å². The van der Waals surface area contributed by atoms with E-state index >= 15 is 0 Å². The van der Waals surface area contributed by atoms with Crippen molar-refractivity contribution in [1.82, 2.24) is 10.3 Å². The van der Waals surface area contributed by atoms with Crippen molar-refractivity contribution in [2.24, 2.45) is 0 Å². The van der Waals surface area contributed by atoms with Crippen molar-refractivity contribution in [2.75, 3.05) is 6.54 Å². The molecule has 1 aromatic carbocycles. The van der Waals surface area contributed by atoms with Crippen molar-refractivity contribution in [3.63, 3.8) is 0 Å². The number of hydrogen-bond donors (Lipinski definition) is 2. The molecule has 4 heteroatoms. The smallest absolute Gasteiger partial charge is 0.408 e. The van der Waals surface area contributed by atoms with Gasteiger partial charge in [0.2, 0.25) is 0 Å². The fourth-order valence-electron chi connectivity index (χ4n) is 2.59. The molecule has 1 atom stereocenters. The van der Waals surface area contributed by atoms with Gasteiger partial charge in [0, 0.05) is 6.04 Å². The van der Waals surface area contributed by atoms with Crippen molar-refractivity contribution in [3.8, 4) is 0 Å². The molecule has 0 saturated carbocycles. The lowest BCUT2D eigenvalue weighted by atomic mass is 9.99. The SMILES string of the molecule is CCCCCCC(NCC)c1ccc2[nH]c(=O)oc2c1. The summed E-state index contributed by atoms with van der Waals surface area (Å²) in [5.74, 6) is -0.389. The molecular formula is C16H24N2O2. The number of aromatic amines is 1. The number of rotatable bonds is 8. The van der Waals surface area contributed by atoms with Crippen molar-refractivity contribution in [3.05, 3.63) is 34.3 Å². The summed E-state index contributed by atoms with van der Waals surface area (Å²) in [6.07, 6.45) is 6.17. The number of H-pyrrole nitrogens is 1. The predicted octanol–water partition coefficient (Wildman–Crippen LogP) is 3.74. The fourth-order valence-corrected chi connectivity index (χ4v) is 2.59. The maximum Gasteiger partial charge on any atom is 0.417 e. The van der Waals surface area contributed by atoms with Crippen molar-refractivity contribution < 1.29 is 4.42 Å². The van der Waals surface area contributed by atoms with Crippen molar-refractivity contribution in [2.45, 2.75) is 52.0 Å². The minimum Gasteiger partial charge on any atom is -0.408 e. The molecule has 4 nitrogen and oxygen atoms in total. The average Bonchev–Trinajstić information content (AvgIpc) is 2.81. The van der Waals surface area contributed by atoms with Crippen molar-refractivity contribution >= 4 is 11.1 Å². The van der Waals surface area contributed by atoms with Gasteiger partial charge in [-0.1, -0.05) is 45.6 Å². The zero-order valence-corrected chi connectivity index (χ0v) is 12.4. The van der Waals surface area contributed by atoms with Gasteiger partial charge in [-0.3, -0.25) is 4.98 Å². The molecular weight excluding hydrogens is 252 g/mol. The zero-order chi connectivity index (χ0) is 14.4.